The fraction of sp³-hybridized carbons (Fsp3) is 0.250. The highest BCUT2D eigenvalue weighted by molar-refractivity contribution is 9.10. The van der Waals surface area contributed by atoms with Gasteiger partial charge in [-0.15, -0.1) is 0 Å². The Morgan fingerprint density at radius 2 is 1.87 bits per heavy atom. The molecule has 1 aliphatic heterocycles. The lowest BCUT2D eigenvalue weighted by atomic mass is 9.79. The van der Waals surface area contributed by atoms with E-state index in [-0.39, 0.29) is 6.61 Å². The van der Waals surface area contributed by atoms with Gasteiger partial charge >= 0.3 is 11.9 Å². The third kappa shape index (κ3) is 4.10. The van der Waals surface area contributed by atoms with Crippen LogP contribution in [0.3, 0.4) is 0 Å². The molecule has 0 aliphatic carbocycles. The van der Waals surface area contributed by atoms with E-state index < -0.39 is 29.6 Å². The number of esters is 2. The minimum absolute atomic E-state index is 0.280. The zero-order valence-electron chi connectivity index (χ0n) is 17.2. The summed E-state index contributed by atoms with van der Waals surface area (Å²) in [4.78, 5) is 29.4. The highest BCUT2D eigenvalue weighted by atomic mass is 79.9. The molecule has 0 radical (unpaired) electrons. The van der Waals surface area contributed by atoms with E-state index in [4.69, 9.17) is 14.2 Å². The number of aromatic nitrogens is 1. The number of benzene rings is 2. The number of hydrogen-bond donors (Lipinski definition) is 1. The zero-order valence-corrected chi connectivity index (χ0v) is 18.8. The Hall–Kier alpha value is -3.06. The van der Waals surface area contributed by atoms with Gasteiger partial charge in [0, 0.05) is 46.9 Å². The average molecular weight is 484 g/mol. The van der Waals surface area contributed by atoms with E-state index in [1.165, 1.54) is 13.8 Å². The minimum Gasteiger partial charge on any atom is -0.489 e. The Balaban J connectivity index is 1.93. The predicted molar refractivity (Wildman–Crippen MR) is 120 cm³/mol. The van der Waals surface area contributed by atoms with E-state index in [1.54, 1.807) is 12.1 Å². The second kappa shape index (κ2) is 8.23. The Morgan fingerprint density at radius 3 is 2.58 bits per heavy atom. The van der Waals surface area contributed by atoms with Gasteiger partial charge < -0.3 is 19.2 Å². The molecule has 0 unspecified atom stereocenters. The first-order valence-electron chi connectivity index (χ1n) is 9.85. The van der Waals surface area contributed by atoms with Crippen molar-refractivity contribution in [1.82, 2.24) is 4.98 Å². The number of cyclic esters (lactones) is 2. The fourth-order valence-electron chi connectivity index (χ4n) is 3.92. The molecule has 4 rings (SSSR count). The van der Waals surface area contributed by atoms with Gasteiger partial charge in [-0.3, -0.25) is 9.59 Å². The van der Waals surface area contributed by atoms with E-state index in [0.717, 1.165) is 20.9 Å². The smallest absolute Gasteiger partial charge is 0.324 e. The van der Waals surface area contributed by atoms with Crippen molar-refractivity contribution in [1.29, 1.82) is 0 Å². The van der Waals surface area contributed by atoms with Crippen molar-refractivity contribution < 1.29 is 23.8 Å². The molecule has 1 aromatic heterocycles. The quantitative estimate of drug-likeness (QED) is 0.300. The van der Waals surface area contributed by atoms with E-state index >= 15 is 0 Å². The Bertz CT molecular complexity index is 1150. The van der Waals surface area contributed by atoms with Crippen LogP contribution in [0.25, 0.3) is 10.9 Å². The number of carbonyl (C=O) groups excluding carboxylic acids is 2. The van der Waals surface area contributed by atoms with Gasteiger partial charge in [0.2, 0.25) is 0 Å². The van der Waals surface area contributed by atoms with E-state index in [1.807, 2.05) is 42.6 Å². The van der Waals surface area contributed by atoms with Crippen molar-refractivity contribution in [3.05, 3.63) is 76.9 Å². The summed E-state index contributed by atoms with van der Waals surface area (Å²) in [5, 5.41) is 0.896. The average Bonchev–Trinajstić information content (AvgIpc) is 3.13. The van der Waals surface area contributed by atoms with Gasteiger partial charge in [0.05, 0.1) is 0 Å². The minimum atomic E-state index is -1.31. The third-order valence-corrected chi connectivity index (χ3v) is 5.65. The maximum Gasteiger partial charge on any atom is 0.324 e. The molecule has 1 aliphatic rings. The molecule has 3 aromatic rings. The SMILES string of the molecule is C=CCOc1ccc(Br)cc1[C@@H](c1c[nH]c2ccccc12)C1C(=O)OC(C)(C)OC1=O. The molecule has 1 saturated heterocycles. The lowest BCUT2D eigenvalue weighted by Crippen LogP contribution is -2.48. The van der Waals surface area contributed by atoms with Crippen LogP contribution in [0.2, 0.25) is 0 Å². The first kappa shape index (κ1) is 21.2. The van der Waals surface area contributed by atoms with Crippen LogP contribution in [0.1, 0.15) is 30.9 Å². The van der Waals surface area contributed by atoms with Gasteiger partial charge in [0.25, 0.3) is 5.79 Å². The van der Waals surface area contributed by atoms with E-state index in [9.17, 15) is 9.59 Å². The predicted octanol–water partition coefficient (Wildman–Crippen LogP) is 5.08. The highest BCUT2D eigenvalue weighted by Gasteiger charge is 2.49. The lowest BCUT2D eigenvalue weighted by molar-refractivity contribution is -0.240. The van der Waals surface area contributed by atoms with Crippen molar-refractivity contribution in [2.75, 3.05) is 6.61 Å². The number of halogens is 1. The molecule has 1 N–H and O–H groups in total. The normalized spacial score (nSPS) is 17.1. The number of aromatic amines is 1. The summed E-state index contributed by atoms with van der Waals surface area (Å²) < 4.78 is 17.6. The van der Waals surface area contributed by atoms with Crippen LogP contribution in [0.15, 0.2) is 65.8 Å². The van der Waals surface area contributed by atoms with Gasteiger partial charge in [-0.2, -0.15) is 0 Å². The summed E-state index contributed by atoms with van der Waals surface area (Å²) in [5.74, 6) is -3.91. The van der Waals surface area contributed by atoms with E-state index in [2.05, 4.69) is 27.5 Å². The number of H-pyrrole nitrogens is 1. The Labute approximate surface area is 188 Å². The van der Waals surface area contributed by atoms with Crippen LogP contribution in [0.5, 0.6) is 5.75 Å². The Kier molecular flexibility index (Phi) is 5.62. The molecule has 6 nitrogen and oxygen atoms in total. The molecule has 0 spiro atoms. The largest absolute Gasteiger partial charge is 0.489 e. The number of fused-ring (bicyclic) bond motifs is 1. The van der Waals surface area contributed by atoms with Crippen LogP contribution in [0.4, 0.5) is 0 Å². The van der Waals surface area contributed by atoms with Gasteiger partial charge in [0.1, 0.15) is 12.4 Å². The summed E-state index contributed by atoms with van der Waals surface area (Å²) in [6.07, 6.45) is 3.45. The van der Waals surface area contributed by atoms with Crippen molar-refractivity contribution in [2.24, 2.45) is 5.92 Å². The maximum atomic E-state index is 13.1. The molecule has 2 aromatic carbocycles. The monoisotopic (exact) mass is 483 g/mol. The van der Waals surface area contributed by atoms with Crippen molar-refractivity contribution >= 4 is 38.8 Å². The van der Waals surface area contributed by atoms with Gasteiger partial charge in [0.15, 0.2) is 5.92 Å². The summed E-state index contributed by atoms with van der Waals surface area (Å²) in [6, 6.07) is 13.2. The summed E-state index contributed by atoms with van der Waals surface area (Å²) in [5.41, 5.74) is 2.33. The second-order valence-electron chi connectivity index (χ2n) is 7.77. The van der Waals surface area contributed by atoms with Gasteiger partial charge in [-0.1, -0.05) is 46.8 Å². The molecule has 2 heterocycles. The molecule has 1 atom stereocenters. The van der Waals surface area contributed by atoms with Crippen molar-refractivity contribution in [3.63, 3.8) is 0 Å². The number of hydrogen-bond acceptors (Lipinski definition) is 5. The van der Waals surface area contributed by atoms with Crippen LogP contribution < -0.4 is 4.74 Å². The number of rotatable bonds is 6. The lowest BCUT2D eigenvalue weighted by Gasteiger charge is -2.36. The van der Waals surface area contributed by atoms with Crippen molar-refractivity contribution in [3.8, 4) is 5.75 Å². The third-order valence-electron chi connectivity index (χ3n) is 5.15. The number of para-hydroxylation sites is 1. The molecule has 1 fully saturated rings. The fourth-order valence-corrected chi connectivity index (χ4v) is 4.30. The molecular formula is C24H22BrNO5. The summed E-state index contributed by atoms with van der Waals surface area (Å²) in [7, 11) is 0. The van der Waals surface area contributed by atoms with Gasteiger partial charge in [-0.25, -0.2) is 0 Å². The maximum absolute atomic E-state index is 13.1. The van der Waals surface area contributed by atoms with Crippen LogP contribution in [-0.4, -0.2) is 29.3 Å². The standard InChI is InChI=1S/C24H22BrNO5/c1-4-11-29-19-10-9-14(25)12-16(19)20(17-13-26-18-8-6-5-7-15(17)18)21-22(27)30-24(2,3)31-23(21)28/h4-10,12-13,20-21,26H,1,11H2,2-3H3/t20-/m0/s1. The molecule has 7 heteroatoms. The first-order valence-corrected chi connectivity index (χ1v) is 10.6. The van der Waals surface area contributed by atoms with Crippen LogP contribution in [0, 0.1) is 5.92 Å². The topological polar surface area (TPSA) is 77.6 Å². The molecule has 31 heavy (non-hydrogen) atoms. The number of carbonyl (C=O) groups is 2. The Morgan fingerprint density at radius 1 is 1.16 bits per heavy atom. The van der Waals surface area contributed by atoms with E-state index in [0.29, 0.717) is 11.3 Å². The molecule has 0 bridgehead atoms. The molecular weight excluding hydrogens is 462 g/mol. The van der Waals surface area contributed by atoms with Crippen LogP contribution in [-0.2, 0) is 19.1 Å². The first-order chi connectivity index (χ1) is 14.8. The number of nitrogens with one attached hydrogen (secondary N) is 1. The summed E-state index contributed by atoms with van der Waals surface area (Å²) in [6.45, 7) is 7.06. The zero-order chi connectivity index (χ0) is 22.2. The van der Waals surface area contributed by atoms with Crippen LogP contribution >= 0.6 is 15.9 Å². The van der Waals surface area contributed by atoms with Gasteiger partial charge in [-0.05, 0) is 29.8 Å². The molecule has 160 valence electrons. The molecule has 0 amide bonds. The van der Waals surface area contributed by atoms with Crippen molar-refractivity contribution in [2.45, 2.75) is 25.6 Å². The summed E-state index contributed by atoms with van der Waals surface area (Å²) >= 11 is 3.50. The molecule has 0 saturated carbocycles. The number of ether oxygens (including phenoxy) is 3. The highest BCUT2D eigenvalue weighted by Crippen LogP contribution is 2.44. The second-order valence-corrected chi connectivity index (χ2v) is 8.68.